The number of hydrogen-bond acceptors (Lipinski definition) is 0. The second kappa shape index (κ2) is 9.64. The minimum Gasteiger partial charge on any atom is -0.353 e. The molecule has 0 aliphatic heterocycles. The Bertz CT molecular complexity index is 2370. The van der Waals surface area contributed by atoms with E-state index in [0.29, 0.717) is 0 Å². The summed E-state index contributed by atoms with van der Waals surface area (Å²) in [6.07, 6.45) is 0. The Morgan fingerprint density at radius 2 is 1.09 bits per heavy atom. The van der Waals surface area contributed by atoms with Gasteiger partial charge < -0.3 is 9.55 Å². The fourth-order valence-corrected chi connectivity index (χ4v) is 7.34. The van der Waals surface area contributed by atoms with Crippen molar-refractivity contribution in [2.24, 2.45) is 0 Å². The van der Waals surface area contributed by atoms with Crippen molar-refractivity contribution < 1.29 is 0 Å². The van der Waals surface area contributed by atoms with Gasteiger partial charge in [-0.15, -0.1) is 16.4 Å². The van der Waals surface area contributed by atoms with Crippen molar-refractivity contribution >= 4 is 110 Å². The molecule has 0 aliphatic carbocycles. The van der Waals surface area contributed by atoms with Gasteiger partial charge in [0.15, 0.2) is 0 Å². The molecule has 8 rings (SSSR count). The van der Waals surface area contributed by atoms with Crippen molar-refractivity contribution in [2.45, 2.75) is 0 Å². The van der Waals surface area contributed by atoms with E-state index in [4.69, 9.17) is 0 Å². The quantitative estimate of drug-likeness (QED) is 0.322. The topological polar surface area (TPSA) is 20.7 Å². The number of benzene rings is 6. The highest BCUT2D eigenvalue weighted by atomic mass is 15.0. The van der Waals surface area contributed by atoms with Crippen LogP contribution in [0.1, 0.15) is 0 Å². The van der Waals surface area contributed by atoms with Crippen molar-refractivity contribution in [1.29, 1.82) is 0 Å². The molecule has 0 bridgehead atoms. The van der Waals surface area contributed by atoms with Crippen LogP contribution in [0.25, 0.3) is 71.6 Å². The molecule has 2 aromatic heterocycles. The summed E-state index contributed by atoms with van der Waals surface area (Å²) in [6.45, 7) is 0. The van der Waals surface area contributed by atoms with Crippen LogP contribution in [0, 0.1) is 0 Å². The molecule has 2 heterocycles. The third-order valence-corrected chi connectivity index (χ3v) is 9.93. The molecule has 0 aliphatic rings. The predicted octanol–water partition coefficient (Wildman–Crippen LogP) is 1.04. The number of hydrogen-bond donors (Lipinski definition) is 1. The van der Waals surface area contributed by atoms with Gasteiger partial charge in [-0.05, 0) is 34.9 Å². The third-order valence-electron chi connectivity index (χ3n) is 9.93. The minimum absolute atomic E-state index is 1.16. The summed E-state index contributed by atoms with van der Waals surface area (Å²) < 4.78 is 2.52. The van der Waals surface area contributed by atoms with Crippen LogP contribution in [0.15, 0.2) is 109 Å². The van der Waals surface area contributed by atoms with Crippen LogP contribution in [0.5, 0.6) is 0 Å². The van der Waals surface area contributed by atoms with E-state index >= 15 is 0 Å². The maximum absolute atomic E-state index is 3.83. The van der Waals surface area contributed by atoms with Crippen LogP contribution in [0.2, 0.25) is 0 Å². The molecule has 8 aromatic rings. The molecule has 0 saturated carbocycles. The van der Waals surface area contributed by atoms with Gasteiger partial charge in [-0.3, -0.25) is 0 Å². The van der Waals surface area contributed by atoms with E-state index in [-0.39, 0.29) is 0 Å². The summed E-state index contributed by atoms with van der Waals surface area (Å²) in [5, 5.41) is 5.03. The fourth-order valence-electron chi connectivity index (χ4n) is 7.34. The number of rotatable bonds is 3. The predicted molar refractivity (Wildman–Crippen MR) is 202 cm³/mol. The molecule has 2 nitrogen and oxygen atoms in total. The lowest BCUT2D eigenvalue weighted by molar-refractivity contribution is 1.19. The Morgan fingerprint density at radius 3 is 1.86 bits per heavy atom. The van der Waals surface area contributed by atoms with Gasteiger partial charge in [-0.2, -0.15) is 0 Å². The van der Waals surface area contributed by atoms with Gasteiger partial charge in [0, 0.05) is 32.6 Å². The van der Waals surface area contributed by atoms with E-state index < -0.39 is 0 Å². The number of nitrogens with one attached hydrogen (secondary N) is 1. The average molecular weight is 544 g/mol. The van der Waals surface area contributed by atoms with Crippen LogP contribution in [0.3, 0.4) is 0 Å². The van der Waals surface area contributed by atoms with Crippen molar-refractivity contribution in [2.75, 3.05) is 0 Å². The molecule has 43 heavy (non-hydrogen) atoms. The summed E-state index contributed by atoms with van der Waals surface area (Å²) in [4.78, 5) is 3.83. The molecule has 0 fully saturated rings. The second-order valence-electron chi connectivity index (χ2n) is 12.0. The lowest BCUT2D eigenvalue weighted by Crippen LogP contribution is -2.55. The highest BCUT2D eigenvalue weighted by Gasteiger charge is 2.24. The van der Waals surface area contributed by atoms with E-state index in [9.17, 15) is 0 Å². The van der Waals surface area contributed by atoms with Gasteiger partial charge in [-0.25, -0.2) is 0 Å². The molecular weight excluding hydrogens is 514 g/mol. The Hall–Kier alpha value is -4.76. The Balaban J connectivity index is 1.61. The van der Waals surface area contributed by atoms with E-state index in [2.05, 4.69) is 158 Å². The number of aromatic amines is 1. The SMILES string of the molecule is Bc1c(B)c(B)c(-c2c(-c3ccccc3)cccc2-n2c3ccccc3c3ccc4c5ccccc5[nH]c4c32)c(B)c1B. The van der Waals surface area contributed by atoms with Crippen LogP contribution < -0.4 is 27.3 Å². The molecule has 0 unspecified atom stereocenters. The van der Waals surface area contributed by atoms with Crippen molar-refractivity contribution in [3.8, 4) is 27.9 Å². The fraction of sp³-hybridized carbons (Fsp3) is 0. The third kappa shape index (κ3) is 3.67. The molecule has 1 N–H and O–H groups in total. The van der Waals surface area contributed by atoms with Gasteiger partial charge in [0.05, 0.1) is 22.2 Å². The summed E-state index contributed by atoms with van der Waals surface area (Å²) in [5.41, 5.74) is 17.9. The average Bonchev–Trinajstić information content (AvgIpc) is 3.59. The Kier molecular flexibility index (Phi) is 5.81. The first-order chi connectivity index (χ1) is 21.0. The first-order valence-corrected chi connectivity index (χ1v) is 15.1. The van der Waals surface area contributed by atoms with Gasteiger partial charge in [0.1, 0.15) is 39.2 Å². The molecular formula is C36H29B5N2. The molecule has 0 amide bonds. The molecule has 0 atom stereocenters. The van der Waals surface area contributed by atoms with Gasteiger partial charge in [0.25, 0.3) is 0 Å². The van der Waals surface area contributed by atoms with Crippen LogP contribution >= 0.6 is 0 Å². The zero-order valence-electron chi connectivity index (χ0n) is 25.3. The van der Waals surface area contributed by atoms with Gasteiger partial charge >= 0.3 is 0 Å². The summed E-state index contributed by atoms with van der Waals surface area (Å²) in [6, 6.07) is 39.8. The maximum Gasteiger partial charge on any atom is 0.139 e. The zero-order chi connectivity index (χ0) is 29.4. The number of fused-ring (bicyclic) bond motifs is 7. The number of aromatic nitrogens is 2. The van der Waals surface area contributed by atoms with Crippen molar-refractivity contribution in [1.82, 2.24) is 9.55 Å². The van der Waals surface area contributed by atoms with Crippen molar-refractivity contribution in [3.63, 3.8) is 0 Å². The Morgan fingerprint density at radius 1 is 0.465 bits per heavy atom. The van der Waals surface area contributed by atoms with Crippen LogP contribution in [-0.2, 0) is 0 Å². The zero-order valence-corrected chi connectivity index (χ0v) is 25.3. The second-order valence-corrected chi connectivity index (χ2v) is 12.0. The van der Waals surface area contributed by atoms with Crippen LogP contribution in [0.4, 0.5) is 0 Å². The smallest absolute Gasteiger partial charge is 0.139 e. The lowest BCUT2D eigenvalue weighted by atomic mass is 9.59. The highest BCUT2D eigenvalue weighted by Crippen LogP contribution is 2.42. The first-order valence-electron chi connectivity index (χ1n) is 15.1. The maximum atomic E-state index is 3.83. The molecule has 7 heteroatoms. The molecule has 6 aromatic carbocycles. The summed E-state index contributed by atoms with van der Waals surface area (Å²) in [5.74, 6) is 0. The number of para-hydroxylation sites is 2. The molecule has 198 valence electrons. The van der Waals surface area contributed by atoms with Crippen LogP contribution in [-0.4, -0.2) is 48.8 Å². The monoisotopic (exact) mass is 544 g/mol. The normalized spacial score (nSPS) is 11.7. The van der Waals surface area contributed by atoms with E-state index in [1.807, 2.05) is 0 Å². The van der Waals surface area contributed by atoms with E-state index in [1.54, 1.807) is 0 Å². The highest BCUT2D eigenvalue weighted by molar-refractivity contribution is 6.68. The molecule has 0 saturated heterocycles. The minimum atomic E-state index is 1.16. The largest absolute Gasteiger partial charge is 0.353 e. The number of nitrogens with zero attached hydrogens (tertiary/aromatic N) is 1. The van der Waals surface area contributed by atoms with Crippen molar-refractivity contribution in [3.05, 3.63) is 109 Å². The summed E-state index contributed by atoms with van der Waals surface area (Å²) >= 11 is 0. The lowest BCUT2D eigenvalue weighted by Gasteiger charge is -2.25. The first kappa shape index (κ1) is 25.9. The molecule has 0 radical (unpaired) electrons. The van der Waals surface area contributed by atoms with E-state index in [1.165, 1.54) is 93.4 Å². The Labute approximate surface area is 256 Å². The van der Waals surface area contributed by atoms with Gasteiger partial charge in [-0.1, -0.05) is 102 Å². The summed E-state index contributed by atoms with van der Waals surface area (Å²) in [7, 11) is 11.4. The number of H-pyrrole nitrogens is 1. The van der Waals surface area contributed by atoms with Gasteiger partial charge in [0.2, 0.25) is 0 Å². The van der Waals surface area contributed by atoms with E-state index in [0.717, 1.165) is 5.52 Å². The molecule has 0 spiro atoms. The standard InChI is InChI=1S/C36H29B5N2/c37-30-29(31(38)33(40)34(41)32(30)39)28-20(19-9-2-1-3-10-19)13-8-16-27(28)43-26-15-7-5-12-22(26)24-18-17-23-21-11-4-6-14-25(21)42-35(23)36(24)43/h1-18,42H,37-41H2.